The topological polar surface area (TPSA) is 76.1 Å². The van der Waals surface area contributed by atoms with E-state index in [1.165, 1.54) is 12.5 Å². The normalized spacial score (nSPS) is 13.9. The highest BCUT2D eigenvalue weighted by Gasteiger charge is 2.21. The zero-order chi connectivity index (χ0) is 23.9. The van der Waals surface area contributed by atoms with Crippen molar-refractivity contribution in [3.05, 3.63) is 95.1 Å². The molecule has 0 saturated heterocycles. The van der Waals surface area contributed by atoms with Gasteiger partial charge < -0.3 is 19.5 Å². The van der Waals surface area contributed by atoms with Gasteiger partial charge in [0.05, 0.1) is 12.6 Å². The van der Waals surface area contributed by atoms with Gasteiger partial charge in [-0.05, 0) is 67.3 Å². The summed E-state index contributed by atoms with van der Waals surface area (Å²) < 4.78 is 11.5. The molecule has 4 rings (SSSR count). The standard InChI is InChI=1S/C28H29NO5/c1-20(30)22-8-11-25(12-9-22)34-19-28(32)29-15-16-33-27-14-10-23(17-24(27)18-29)26(31)13-7-21-5-3-2-4-6-21/h2-6,8-12,14,17,26,31H,7,13,15-16,18-19H2,1H3/t26-/m1/s1. The molecule has 176 valence electrons. The number of ketones is 1. The van der Waals surface area contributed by atoms with Crippen molar-refractivity contribution < 1.29 is 24.2 Å². The minimum Gasteiger partial charge on any atom is -0.491 e. The number of hydrogen-bond acceptors (Lipinski definition) is 5. The van der Waals surface area contributed by atoms with Gasteiger partial charge in [0.2, 0.25) is 0 Å². The average molecular weight is 460 g/mol. The van der Waals surface area contributed by atoms with Crippen LogP contribution in [0.3, 0.4) is 0 Å². The molecule has 0 radical (unpaired) electrons. The van der Waals surface area contributed by atoms with Gasteiger partial charge in [-0.1, -0.05) is 36.4 Å². The van der Waals surface area contributed by atoms with Crippen molar-refractivity contribution in [2.75, 3.05) is 19.8 Å². The number of aryl methyl sites for hydroxylation is 1. The molecule has 1 amide bonds. The van der Waals surface area contributed by atoms with Crippen molar-refractivity contribution in [3.63, 3.8) is 0 Å². The maximum Gasteiger partial charge on any atom is 0.260 e. The number of ether oxygens (including phenoxy) is 2. The molecule has 0 unspecified atom stereocenters. The van der Waals surface area contributed by atoms with Crippen molar-refractivity contribution in [1.29, 1.82) is 0 Å². The molecular formula is C28H29NO5. The molecule has 6 nitrogen and oxygen atoms in total. The maximum absolute atomic E-state index is 12.8. The number of aliphatic hydroxyl groups is 1. The zero-order valence-corrected chi connectivity index (χ0v) is 19.3. The number of carbonyl (C=O) groups is 2. The summed E-state index contributed by atoms with van der Waals surface area (Å²) in [5, 5.41) is 10.7. The second-order valence-electron chi connectivity index (χ2n) is 8.44. The molecule has 1 N–H and O–H groups in total. The molecular weight excluding hydrogens is 430 g/mol. The van der Waals surface area contributed by atoms with Crippen molar-refractivity contribution in [1.82, 2.24) is 4.90 Å². The van der Waals surface area contributed by atoms with E-state index in [2.05, 4.69) is 12.1 Å². The largest absolute Gasteiger partial charge is 0.491 e. The summed E-state index contributed by atoms with van der Waals surface area (Å²) in [5.41, 5.74) is 3.47. The summed E-state index contributed by atoms with van der Waals surface area (Å²) in [5.74, 6) is 1.10. The van der Waals surface area contributed by atoms with Gasteiger partial charge in [-0.25, -0.2) is 0 Å². The maximum atomic E-state index is 12.8. The molecule has 34 heavy (non-hydrogen) atoms. The van der Waals surface area contributed by atoms with Gasteiger partial charge in [0.25, 0.3) is 5.91 Å². The molecule has 0 spiro atoms. The van der Waals surface area contributed by atoms with Crippen LogP contribution in [0.4, 0.5) is 0 Å². The van der Waals surface area contributed by atoms with E-state index >= 15 is 0 Å². The highest BCUT2D eigenvalue weighted by atomic mass is 16.5. The van der Waals surface area contributed by atoms with Crippen LogP contribution in [0.15, 0.2) is 72.8 Å². The minimum atomic E-state index is -0.598. The smallest absolute Gasteiger partial charge is 0.260 e. The van der Waals surface area contributed by atoms with Crippen LogP contribution in [0.2, 0.25) is 0 Å². The predicted octanol–water partition coefficient (Wildman–Crippen LogP) is 4.36. The third kappa shape index (κ3) is 6.02. The van der Waals surface area contributed by atoms with Gasteiger partial charge in [-0.15, -0.1) is 0 Å². The van der Waals surface area contributed by atoms with Crippen LogP contribution in [0.1, 0.15) is 46.5 Å². The lowest BCUT2D eigenvalue weighted by molar-refractivity contribution is -0.134. The number of hydrogen-bond donors (Lipinski definition) is 1. The SMILES string of the molecule is CC(=O)c1ccc(OCC(=O)N2CCOc3ccc([C@H](O)CCc4ccccc4)cc3C2)cc1. The van der Waals surface area contributed by atoms with Crippen LogP contribution in [0, 0.1) is 0 Å². The summed E-state index contributed by atoms with van der Waals surface area (Å²) >= 11 is 0. The number of fused-ring (bicyclic) bond motifs is 1. The van der Waals surface area contributed by atoms with Crippen molar-refractivity contribution >= 4 is 11.7 Å². The Balaban J connectivity index is 1.37. The molecule has 1 heterocycles. The number of rotatable bonds is 8. The fourth-order valence-electron chi connectivity index (χ4n) is 3.97. The van der Waals surface area contributed by atoms with Crippen LogP contribution in [-0.2, 0) is 17.8 Å². The lowest BCUT2D eigenvalue weighted by Crippen LogP contribution is -2.36. The molecule has 1 atom stereocenters. The van der Waals surface area contributed by atoms with E-state index in [-0.39, 0.29) is 18.3 Å². The fraction of sp³-hybridized carbons (Fsp3) is 0.286. The van der Waals surface area contributed by atoms with Crippen LogP contribution < -0.4 is 9.47 Å². The molecule has 3 aromatic carbocycles. The molecule has 3 aromatic rings. The second kappa shape index (κ2) is 11.0. The zero-order valence-electron chi connectivity index (χ0n) is 19.3. The third-order valence-corrected chi connectivity index (χ3v) is 5.97. The van der Waals surface area contributed by atoms with E-state index in [0.29, 0.717) is 37.4 Å². The highest BCUT2D eigenvalue weighted by molar-refractivity contribution is 5.94. The van der Waals surface area contributed by atoms with E-state index in [1.807, 2.05) is 36.4 Å². The van der Waals surface area contributed by atoms with E-state index < -0.39 is 6.10 Å². The third-order valence-electron chi connectivity index (χ3n) is 5.97. The number of carbonyl (C=O) groups excluding carboxylic acids is 2. The highest BCUT2D eigenvalue weighted by Crippen LogP contribution is 2.28. The van der Waals surface area contributed by atoms with Gasteiger partial charge in [0, 0.05) is 17.7 Å². The van der Waals surface area contributed by atoms with Crippen LogP contribution in [-0.4, -0.2) is 41.5 Å². The summed E-state index contributed by atoms with van der Waals surface area (Å²) in [6.07, 6.45) is 0.798. The first-order valence-corrected chi connectivity index (χ1v) is 11.5. The van der Waals surface area contributed by atoms with Crippen molar-refractivity contribution in [2.24, 2.45) is 0 Å². The molecule has 0 fully saturated rings. The lowest BCUT2D eigenvalue weighted by Gasteiger charge is -2.20. The average Bonchev–Trinajstić information content (AvgIpc) is 3.08. The van der Waals surface area contributed by atoms with Crippen LogP contribution >= 0.6 is 0 Å². The van der Waals surface area contributed by atoms with Crippen molar-refractivity contribution in [3.8, 4) is 11.5 Å². The Bertz CT molecular complexity index is 1130. The summed E-state index contributed by atoms with van der Waals surface area (Å²) in [6, 6.07) is 22.5. The Morgan fingerprint density at radius 1 is 1.06 bits per heavy atom. The van der Waals surface area contributed by atoms with E-state index in [0.717, 1.165) is 23.3 Å². The van der Waals surface area contributed by atoms with Gasteiger partial charge >= 0.3 is 0 Å². The monoisotopic (exact) mass is 459 g/mol. The second-order valence-corrected chi connectivity index (χ2v) is 8.44. The summed E-state index contributed by atoms with van der Waals surface area (Å²) in [6.45, 7) is 2.63. The molecule has 6 heteroatoms. The Labute approximate surface area is 199 Å². The Kier molecular flexibility index (Phi) is 7.60. The summed E-state index contributed by atoms with van der Waals surface area (Å²) in [7, 11) is 0. The number of nitrogens with zero attached hydrogens (tertiary/aromatic N) is 1. The van der Waals surface area contributed by atoms with Crippen LogP contribution in [0.25, 0.3) is 0 Å². The predicted molar refractivity (Wildman–Crippen MR) is 129 cm³/mol. The number of Topliss-reactive ketones (excluding diaryl/α,β-unsaturated/α-hetero) is 1. The lowest BCUT2D eigenvalue weighted by atomic mass is 9.99. The molecule has 0 bridgehead atoms. The first-order valence-electron chi connectivity index (χ1n) is 11.5. The first-order chi connectivity index (χ1) is 16.5. The van der Waals surface area contributed by atoms with E-state index in [4.69, 9.17) is 9.47 Å². The summed E-state index contributed by atoms with van der Waals surface area (Å²) in [4.78, 5) is 25.9. The minimum absolute atomic E-state index is 0.0181. The quantitative estimate of drug-likeness (QED) is 0.507. The number of benzene rings is 3. The fourth-order valence-corrected chi connectivity index (χ4v) is 3.97. The molecule has 0 aliphatic carbocycles. The Hall–Kier alpha value is -3.64. The van der Waals surface area contributed by atoms with Gasteiger partial charge in [0.15, 0.2) is 12.4 Å². The number of amides is 1. The Morgan fingerprint density at radius 3 is 2.56 bits per heavy atom. The van der Waals surface area contributed by atoms with Crippen molar-refractivity contribution in [2.45, 2.75) is 32.4 Å². The van der Waals surface area contributed by atoms with Crippen LogP contribution in [0.5, 0.6) is 11.5 Å². The van der Waals surface area contributed by atoms with E-state index in [9.17, 15) is 14.7 Å². The van der Waals surface area contributed by atoms with Gasteiger partial charge in [-0.2, -0.15) is 0 Å². The molecule has 0 aromatic heterocycles. The number of aliphatic hydroxyl groups excluding tert-OH is 1. The molecule has 1 aliphatic heterocycles. The van der Waals surface area contributed by atoms with Gasteiger partial charge in [0.1, 0.15) is 18.1 Å². The Morgan fingerprint density at radius 2 is 1.82 bits per heavy atom. The first kappa shape index (κ1) is 23.5. The molecule has 0 saturated carbocycles. The van der Waals surface area contributed by atoms with E-state index in [1.54, 1.807) is 29.2 Å². The van der Waals surface area contributed by atoms with Gasteiger partial charge in [-0.3, -0.25) is 9.59 Å². The molecule has 1 aliphatic rings.